The summed E-state index contributed by atoms with van der Waals surface area (Å²) in [4.78, 5) is 19.2. The van der Waals surface area contributed by atoms with Gasteiger partial charge >= 0.3 is 0 Å². The van der Waals surface area contributed by atoms with Gasteiger partial charge in [-0.3, -0.25) is 9.78 Å². The smallest absolute Gasteiger partial charge is 0.254 e. The van der Waals surface area contributed by atoms with Crippen molar-refractivity contribution in [3.63, 3.8) is 0 Å². The largest absolute Gasteiger partial charge is 0.375 e. The molecule has 3 rings (SSSR count). The van der Waals surface area contributed by atoms with Crippen molar-refractivity contribution < 1.29 is 9.53 Å². The van der Waals surface area contributed by atoms with Gasteiger partial charge in [0.1, 0.15) is 0 Å². The SMILES string of the molecule is Cc1cc(C(=O)N2CCO[C@H](C)C2)c2ccc(Br)cc2n1. The summed E-state index contributed by atoms with van der Waals surface area (Å²) in [5.74, 6) is 0.0583. The maximum Gasteiger partial charge on any atom is 0.254 e. The maximum absolute atomic E-state index is 12.8. The van der Waals surface area contributed by atoms with E-state index >= 15 is 0 Å². The first-order valence-corrected chi connectivity index (χ1v) is 7.81. The molecular weight excluding hydrogens is 332 g/mol. The molecule has 0 aliphatic carbocycles. The summed E-state index contributed by atoms with van der Waals surface area (Å²) >= 11 is 3.45. The number of nitrogens with zero attached hydrogens (tertiary/aromatic N) is 2. The first kappa shape index (κ1) is 14.5. The molecule has 4 nitrogen and oxygen atoms in total. The van der Waals surface area contributed by atoms with Crippen LogP contribution in [-0.4, -0.2) is 41.6 Å². The van der Waals surface area contributed by atoms with Crippen LogP contribution >= 0.6 is 15.9 Å². The van der Waals surface area contributed by atoms with Gasteiger partial charge in [-0.25, -0.2) is 0 Å². The Morgan fingerprint density at radius 2 is 2.24 bits per heavy atom. The van der Waals surface area contributed by atoms with Gasteiger partial charge in [0.05, 0.1) is 23.8 Å². The number of morpholine rings is 1. The highest BCUT2D eigenvalue weighted by molar-refractivity contribution is 9.10. The molecular formula is C16H17BrN2O2. The van der Waals surface area contributed by atoms with Crippen LogP contribution in [0.1, 0.15) is 23.0 Å². The number of hydrogen-bond donors (Lipinski definition) is 0. The highest BCUT2D eigenvalue weighted by Gasteiger charge is 2.24. The van der Waals surface area contributed by atoms with Crippen LogP contribution in [0.25, 0.3) is 10.9 Å². The summed E-state index contributed by atoms with van der Waals surface area (Å²) in [6.07, 6.45) is 0.0889. The minimum absolute atomic E-state index is 0.0583. The molecule has 2 aromatic rings. The molecule has 0 spiro atoms. The van der Waals surface area contributed by atoms with E-state index in [1.807, 2.05) is 43.0 Å². The Hall–Kier alpha value is -1.46. The van der Waals surface area contributed by atoms with E-state index in [2.05, 4.69) is 20.9 Å². The molecule has 1 aromatic heterocycles. The molecule has 1 saturated heterocycles. The molecule has 1 fully saturated rings. The average molecular weight is 349 g/mol. The Morgan fingerprint density at radius 1 is 1.43 bits per heavy atom. The maximum atomic E-state index is 12.8. The molecule has 0 saturated carbocycles. The van der Waals surface area contributed by atoms with Crippen molar-refractivity contribution >= 4 is 32.7 Å². The number of ether oxygens (including phenoxy) is 1. The first-order chi connectivity index (χ1) is 10.0. The molecule has 1 amide bonds. The first-order valence-electron chi connectivity index (χ1n) is 7.02. The van der Waals surface area contributed by atoms with Crippen molar-refractivity contribution in [1.29, 1.82) is 0 Å². The van der Waals surface area contributed by atoms with Crippen molar-refractivity contribution in [2.24, 2.45) is 0 Å². The summed E-state index contributed by atoms with van der Waals surface area (Å²) in [5, 5.41) is 0.896. The molecule has 1 aliphatic rings. The zero-order valence-corrected chi connectivity index (χ0v) is 13.7. The molecule has 0 bridgehead atoms. The number of halogens is 1. The topological polar surface area (TPSA) is 42.4 Å². The Balaban J connectivity index is 2.04. The van der Waals surface area contributed by atoms with E-state index in [-0.39, 0.29) is 12.0 Å². The molecule has 2 heterocycles. The van der Waals surface area contributed by atoms with Gasteiger partial charge in [0, 0.05) is 28.6 Å². The molecule has 0 unspecified atom stereocenters. The third kappa shape index (κ3) is 2.94. The zero-order chi connectivity index (χ0) is 15.0. The van der Waals surface area contributed by atoms with Gasteiger partial charge in [-0.1, -0.05) is 22.0 Å². The minimum atomic E-state index is 0.0583. The van der Waals surface area contributed by atoms with E-state index in [0.717, 1.165) is 26.6 Å². The van der Waals surface area contributed by atoms with Gasteiger partial charge in [-0.05, 0) is 32.0 Å². The Labute approximate surface area is 132 Å². The lowest BCUT2D eigenvalue weighted by Gasteiger charge is -2.31. The Bertz CT molecular complexity index is 697. The van der Waals surface area contributed by atoms with Crippen molar-refractivity contribution in [2.45, 2.75) is 20.0 Å². The normalized spacial score (nSPS) is 19.0. The van der Waals surface area contributed by atoms with Crippen molar-refractivity contribution in [1.82, 2.24) is 9.88 Å². The Kier molecular flexibility index (Phi) is 3.95. The number of carbonyl (C=O) groups excluding carboxylic acids is 1. The van der Waals surface area contributed by atoms with Crippen LogP contribution in [0.15, 0.2) is 28.7 Å². The van der Waals surface area contributed by atoms with Crippen LogP contribution in [0.4, 0.5) is 0 Å². The van der Waals surface area contributed by atoms with E-state index in [0.29, 0.717) is 19.7 Å². The summed E-state index contributed by atoms with van der Waals surface area (Å²) < 4.78 is 6.47. The lowest BCUT2D eigenvalue weighted by molar-refractivity contribution is -0.0123. The number of fused-ring (bicyclic) bond motifs is 1. The van der Waals surface area contributed by atoms with Crippen LogP contribution in [-0.2, 0) is 4.74 Å². The van der Waals surface area contributed by atoms with Crippen LogP contribution in [0.3, 0.4) is 0 Å². The lowest BCUT2D eigenvalue weighted by atomic mass is 10.1. The number of carbonyl (C=O) groups is 1. The zero-order valence-electron chi connectivity index (χ0n) is 12.1. The summed E-state index contributed by atoms with van der Waals surface area (Å²) in [7, 11) is 0. The van der Waals surface area contributed by atoms with E-state index in [1.54, 1.807) is 0 Å². The molecule has 1 atom stereocenters. The fraction of sp³-hybridized carbons (Fsp3) is 0.375. The number of pyridine rings is 1. The summed E-state index contributed by atoms with van der Waals surface area (Å²) in [5.41, 5.74) is 2.42. The molecule has 0 radical (unpaired) electrons. The van der Waals surface area contributed by atoms with Gasteiger partial charge in [0.15, 0.2) is 0 Å². The van der Waals surface area contributed by atoms with Crippen molar-refractivity contribution in [2.75, 3.05) is 19.7 Å². The number of amides is 1. The van der Waals surface area contributed by atoms with E-state index in [1.165, 1.54) is 0 Å². The molecule has 0 N–H and O–H groups in total. The van der Waals surface area contributed by atoms with Crippen molar-refractivity contribution in [3.05, 3.63) is 40.0 Å². The highest BCUT2D eigenvalue weighted by Crippen LogP contribution is 2.24. The van der Waals surface area contributed by atoms with Gasteiger partial charge < -0.3 is 9.64 Å². The number of aryl methyl sites for hydroxylation is 1. The third-order valence-electron chi connectivity index (χ3n) is 3.66. The van der Waals surface area contributed by atoms with E-state index in [4.69, 9.17) is 4.74 Å². The fourth-order valence-corrected chi connectivity index (χ4v) is 3.03. The van der Waals surface area contributed by atoms with Gasteiger partial charge in [-0.2, -0.15) is 0 Å². The van der Waals surface area contributed by atoms with Gasteiger partial charge in [-0.15, -0.1) is 0 Å². The second-order valence-corrected chi connectivity index (χ2v) is 6.32. The molecule has 5 heteroatoms. The van der Waals surface area contributed by atoms with Gasteiger partial charge in [0.25, 0.3) is 5.91 Å². The minimum Gasteiger partial charge on any atom is -0.375 e. The second kappa shape index (κ2) is 5.73. The van der Waals surface area contributed by atoms with Crippen LogP contribution in [0, 0.1) is 6.92 Å². The molecule has 1 aromatic carbocycles. The fourth-order valence-electron chi connectivity index (χ4n) is 2.68. The number of rotatable bonds is 1. The lowest BCUT2D eigenvalue weighted by Crippen LogP contribution is -2.44. The molecule has 21 heavy (non-hydrogen) atoms. The summed E-state index contributed by atoms with van der Waals surface area (Å²) in [6, 6.07) is 7.71. The van der Waals surface area contributed by atoms with E-state index in [9.17, 15) is 4.79 Å². The Morgan fingerprint density at radius 3 is 3.00 bits per heavy atom. The number of aromatic nitrogens is 1. The molecule has 1 aliphatic heterocycles. The highest BCUT2D eigenvalue weighted by atomic mass is 79.9. The summed E-state index contributed by atoms with van der Waals surface area (Å²) in [6.45, 7) is 5.78. The van der Waals surface area contributed by atoms with Crippen LogP contribution in [0.5, 0.6) is 0 Å². The third-order valence-corrected chi connectivity index (χ3v) is 4.15. The van der Waals surface area contributed by atoms with E-state index < -0.39 is 0 Å². The second-order valence-electron chi connectivity index (χ2n) is 5.41. The molecule has 110 valence electrons. The average Bonchev–Trinajstić information content (AvgIpc) is 2.45. The van der Waals surface area contributed by atoms with Crippen molar-refractivity contribution in [3.8, 4) is 0 Å². The number of benzene rings is 1. The standard InChI is InChI=1S/C16H17BrN2O2/c1-10-7-14(13-4-3-12(17)8-15(13)18-10)16(20)19-5-6-21-11(2)9-19/h3-4,7-8,11H,5-6,9H2,1-2H3/t11-/m1/s1. The van der Waals surface area contributed by atoms with Crippen LogP contribution < -0.4 is 0 Å². The predicted molar refractivity (Wildman–Crippen MR) is 85.5 cm³/mol. The number of hydrogen-bond acceptors (Lipinski definition) is 3. The van der Waals surface area contributed by atoms with Crippen LogP contribution in [0.2, 0.25) is 0 Å². The quantitative estimate of drug-likeness (QED) is 0.794. The van der Waals surface area contributed by atoms with Gasteiger partial charge in [0.2, 0.25) is 0 Å². The predicted octanol–water partition coefficient (Wildman–Crippen LogP) is 3.17. The monoisotopic (exact) mass is 348 g/mol.